The first-order valence-electron chi connectivity index (χ1n) is 7.51. The van der Waals surface area contributed by atoms with Crippen molar-refractivity contribution in [2.45, 2.75) is 13.0 Å². The fourth-order valence-electron chi connectivity index (χ4n) is 2.27. The summed E-state index contributed by atoms with van der Waals surface area (Å²) in [6, 6.07) is 8.35. The van der Waals surface area contributed by atoms with Crippen molar-refractivity contribution in [2.24, 2.45) is 0 Å². The number of anilines is 2. The highest BCUT2D eigenvalue weighted by Gasteiger charge is 2.17. The number of rotatable bonds is 6. The maximum absolute atomic E-state index is 12.8. The number of alkyl halides is 2. The van der Waals surface area contributed by atoms with Gasteiger partial charge in [0.15, 0.2) is 5.82 Å². The normalized spacial score (nSPS) is 11.0. The largest absolute Gasteiger partial charge is 0.481 e. The van der Waals surface area contributed by atoms with E-state index in [-0.39, 0.29) is 16.9 Å². The summed E-state index contributed by atoms with van der Waals surface area (Å²) in [5.41, 5.74) is 7.34. The zero-order valence-electron chi connectivity index (χ0n) is 13.7. The Morgan fingerprint density at radius 2 is 2.04 bits per heavy atom. The molecule has 0 bridgehead atoms. The van der Waals surface area contributed by atoms with E-state index < -0.39 is 6.43 Å². The molecule has 0 atom stereocenters. The summed E-state index contributed by atoms with van der Waals surface area (Å²) in [5, 5.41) is 7.03. The predicted molar refractivity (Wildman–Crippen MR) is 93.9 cm³/mol. The molecule has 7 nitrogen and oxygen atoms in total. The lowest BCUT2D eigenvalue weighted by molar-refractivity contribution is 0.145. The number of halogens is 3. The van der Waals surface area contributed by atoms with Gasteiger partial charge in [-0.15, -0.1) is 0 Å². The lowest BCUT2D eigenvalue weighted by Crippen LogP contribution is -2.06. The molecular formula is C16H15ClF2N6O. The Bertz CT molecular complexity index is 900. The Morgan fingerprint density at radius 3 is 2.69 bits per heavy atom. The standard InChI is InChI=1S/C16H15ClF2N6O/c1-26-13-6-12(14(18)19)24-25(13)10-4-2-9(3-5-10)7-21-15-11(20)8-22-16(17)23-15/h2-6,8,14H,7,20H2,1H3,(H,21,22,23). The highest BCUT2D eigenvalue weighted by molar-refractivity contribution is 6.28. The zero-order valence-corrected chi connectivity index (χ0v) is 14.4. The Kier molecular flexibility index (Phi) is 5.17. The molecule has 0 aliphatic heterocycles. The molecule has 2 aromatic heterocycles. The van der Waals surface area contributed by atoms with Gasteiger partial charge >= 0.3 is 0 Å². The molecule has 136 valence electrons. The van der Waals surface area contributed by atoms with E-state index in [0.29, 0.717) is 23.7 Å². The summed E-state index contributed by atoms with van der Waals surface area (Å²) >= 11 is 5.75. The number of nitrogens with one attached hydrogen (secondary N) is 1. The van der Waals surface area contributed by atoms with Gasteiger partial charge in [-0.25, -0.2) is 18.4 Å². The van der Waals surface area contributed by atoms with Crippen molar-refractivity contribution in [2.75, 3.05) is 18.2 Å². The molecule has 3 aromatic rings. The number of aromatic nitrogens is 4. The highest BCUT2D eigenvalue weighted by Crippen LogP contribution is 2.25. The third-order valence-electron chi connectivity index (χ3n) is 3.56. The summed E-state index contributed by atoms with van der Waals surface area (Å²) in [6.07, 6.45) is -1.25. The van der Waals surface area contributed by atoms with Crippen molar-refractivity contribution < 1.29 is 13.5 Å². The number of nitrogens with zero attached hydrogens (tertiary/aromatic N) is 4. The molecule has 0 aliphatic carbocycles. The number of ether oxygens (including phenoxy) is 1. The van der Waals surface area contributed by atoms with E-state index in [0.717, 1.165) is 5.56 Å². The lowest BCUT2D eigenvalue weighted by Gasteiger charge is -2.10. The molecule has 0 saturated carbocycles. The Labute approximate surface area is 152 Å². The van der Waals surface area contributed by atoms with Gasteiger partial charge in [-0.2, -0.15) is 10.1 Å². The van der Waals surface area contributed by atoms with E-state index >= 15 is 0 Å². The second-order valence-corrected chi connectivity index (χ2v) is 5.63. The van der Waals surface area contributed by atoms with Gasteiger partial charge in [0.05, 0.1) is 24.7 Å². The van der Waals surface area contributed by atoms with Crippen LogP contribution in [0, 0.1) is 0 Å². The Balaban J connectivity index is 1.75. The number of nitrogens with two attached hydrogens (primary N) is 1. The molecule has 3 N–H and O–H groups in total. The van der Waals surface area contributed by atoms with Crippen LogP contribution in [0.5, 0.6) is 5.88 Å². The molecule has 10 heteroatoms. The van der Waals surface area contributed by atoms with Gasteiger partial charge in [-0.3, -0.25) is 0 Å². The van der Waals surface area contributed by atoms with E-state index in [9.17, 15) is 8.78 Å². The van der Waals surface area contributed by atoms with Crippen LogP contribution in [-0.2, 0) is 6.54 Å². The first kappa shape index (κ1) is 17.9. The second kappa shape index (κ2) is 7.52. The molecule has 1 aromatic carbocycles. The summed E-state index contributed by atoms with van der Waals surface area (Å²) in [5.74, 6) is 0.666. The highest BCUT2D eigenvalue weighted by atomic mass is 35.5. The van der Waals surface area contributed by atoms with E-state index in [1.165, 1.54) is 24.1 Å². The maximum Gasteiger partial charge on any atom is 0.282 e. The summed E-state index contributed by atoms with van der Waals surface area (Å²) in [7, 11) is 1.40. The van der Waals surface area contributed by atoms with Gasteiger partial charge in [0.25, 0.3) is 6.43 Å². The van der Waals surface area contributed by atoms with Crippen LogP contribution in [0.4, 0.5) is 20.3 Å². The van der Waals surface area contributed by atoms with Crippen molar-refractivity contribution in [1.29, 1.82) is 0 Å². The van der Waals surface area contributed by atoms with Crippen molar-refractivity contribution in [1.82, 2.24) is 19.7 Å². The summed E-state index contributed by atoms with van der Waals surface area (Å²) in [4.78, 5) is 7.80. The van der Waals surface area contributed by atoms with Crippen LogP contribution in [0.25, 0.3) is 5.69 Å². The van der Waals surface area contributed by atoms with Gasteiger partial charge in [0, 0.05) is 12.6 Å². The van der Waals surface area contributed by atoms with Crippen LogP contribution < -0.4 is 15.8 Å². The predicted octanol–water partition coefficient (Wildman–Crippen LogP) is 3.46. The van der Waals surface area contributed by atoms with Gasteiger partial charge in [-0.05, 0) is 29.3 Å². The third-order valence-corrected chi connectivity index (χ3v) is 3.74. The summed E-state index contributed by atoms with van der Waals surface area (Å²) < 4.78 is 32.1. The fraction of sp³-hybridized carbons (Fsp3) is 0.188. The summed E-state index contributed by atoms with van der Waals surface area (Å²) in [6.45, 7) is 0.441. The molecule has 0 saturated heterocycles. The van der Waals surface area contributed by atoms with Crippen molar-refractivity contribution in [3.63, 3.8) is 0 Å². The molecule has 0 unspecified atom stereocenters. The monoisotopic (exact) mass is 380 g/mol. The average Bonchev–Trinajstić information content (AvgIpc) is 3.07. The third kappa shape index (κ3) is 3.83. The van der Waals surface area contributed by atoms with Crippen LogP contribution >= 0.6 is 11.6 Å². The van der Waals surface area contributed by atoms with Gasteiger partial charge in [0.2, 0.25) is 11.2 Å². The molecule has 2 heterocycles. The Morgan fingerprint density at radius 1 is 1.31 bits per heavy atom. The minimum absolute atomic E-state index is 0.0951. The second-order valence-electron chi connectivity index (χ2n) is 5.29. The topological polar surface area (TPSA) is 90.9 Å². The number of nitrogen functional groups attached to an aromatic ring is 1. The molecule has 0 fully saturated rings. The zero-order chi connectivity index (χ0) is 18.7. The first-order valence-corrected chi connectivity index (χ1v) is 7.89. The van der Waals surface area contributed by atoms with E-state index in [1.807, 2.05) is 12.1 Å². The quantitative estimate of drug-likeness (QED) is 0.636. The van der Waals surface area contributed by atoms with Crippen molar-refractivity contribution >= 4 is 23.1 Å². The van der Waals surface area contributed by atoms with Crippen LogP contribution in [-0.4, -0.2) is 26.9 Å². The van der Waals surface area contributed by atoms with Crippen LogP contribution in [0.2, 0.25) is 5.28 Å². The Hall–Kier alpha value is -2.94. The molecular weight excluding hydrogens is 366 g/mol. The van der Waals surface area contributed by atoms with Crippen LogP contribution in [0.15, 0.2) is 36.5 Å². The molecule has 3 rings (SSSR count). The van der Waals surface area contributed by atoms with Gasteiger partial charge < -0.3 is 15.8 Å². The van der Waals surface area contributed by atoms with Crippen molar-refractivity contribution in [3.8, 4) is 11.6 Å². The molecule has 0 aliphatic rings. The van der Waals surface area contributed by atoms with E-state index in [2.05, 4.69) is 20.4 Å². The molecule has 0 radical (unpaired) electrons. The number of methoxy groups -OCH3 is 1. The van der Waals surface area contributed by atoms with Gasteiger partial charge in [-0.1, -0.05) is 12.1 Å². The smallest absolute Gasteiger partial charge is 0.282 e. The minimum atomic E-state index is -2.67. The first-order chi connectivity index (χ1) is 12.5. The van der Waals surface area contributed by atoms with Crippen LogP contribution in [0.1, 0.15) is 17.7 Å². The maximum atomic E-state index is 12.8. The van der Waals surface area contributed by atoms with Crippen molar-refractivity contribution in [3.05, 3.63) is 53.1 Å². The fourth-order valence-corrected chi connectivity index (χ4v) is 2.40. The molecule has 0 amide bonds. The van der Waals surface area contributed by atoms with Gasteiger partial charge in [0.1, 0.15) is 5.69 Å². The lowest BCUT2D eigenvalue weighted by atomic mass is 10.2. The molecule has 0 spiro atoms. The van der Waals surface area contributed by atoms with Crippen LogP contribution in [0.3, 0.4) is 0 Å². The molecule has 26 heavy (non-hydrogen) atoms. The average molecular weight is 381 g/mol. The van der Waals surface area contributed by atoms with E-state index in [4.69, 9.17) is 22.1 Å². The minimum Gasteiger partial charge on any atom is -0.481 e. The van der Waals surface area contributed by atoms with E-state index in [1.54, 1.807) is 12.1 Å². The SMILES string of the molecule is COc1cc(C(F)F)nn1-c1ccc(CNc2nc(Cl)ncc2N)cc1. The number of hydrogen-bond donors (Lipinski definition) is 2. The number of benzene rings is 1. The number of hydrogen-bond acceptors (Lipinski definition) is 6.